The maximum Gasteiger partial charge on any atom is 0.410 e. The monoisotopic (exact) mass is 306 g/mol. The van der Waals surface area contributed by atoms with Crippen molar-refractivity contribution >= 4 is 6.09 Å². The second kappa shape index (κ2) is 7.09. The predicted molar refractivity (Wildman–Crippen MR) is 84.4 cm³/mol. The number of hydrogen-bond acceptors (Lipinski definition) is 4. The van der Waals surface area contributed by atoms with Crippen LogP contribution in [0.2, 0.25) is 0 Å². The van der Waals surface area contributed by atoms with Crippen molar-refractivity contribution in [2.24, 2.45) is 0 Å². The first-order chi connectivity index (χ1) is 10.4. The van der Waals surface area contributed by atoms with E-state index >= 15 is 0 Å². The fourth-order valence-corrected chi connectivity index (χ4v) is 2.79. The molecule has 1 aromatic rings. The lowest BCUT2D eigenvalue weighted by Gasteiger charge is -2.37. The van der Waals surface area contributed by atoms with Crippen molar-refractivity contribution < 1.29 is 14.6 Å². The summed E-state index contributed by atoms with van der Waals surface area (Å²) in [6, 6.07) is 4.00. The largest absolute Gasteiger partial charge is 0.444 e. The highest BCUT2D eigenvalue weighted by Crippen LogP contribution is 2.23. The van der Waals surface area contributed by atoms with Crippen molar-refractivity contribution in [3.8, 4) is 0 Å². The van der Waals surface area contributed by atoms with Crippen molar-refractivity contribution in [3.05, 3.63) is 29.6 Å². The quantitative estimate of drug-likeness (QED) is 0.932. The number of carbonyl (C=O) groups is 1. The number of piperidine rings is 1. The highest BCUT2D eigenvalue weighted by Gasteiger charge is 2.30. The fraction of sp³-hybridized carbons (Fsp3) is 0.647. The lowest BCUT2D eigenvalue weighted by molar-refractivity contribution is 0.00994. The Balaban J connectivity index is 2.07. The SMILES string of the molecule is CC(C)(C)OC(=O)N1CCCCC1Cc1ccnc(CO)c1. The number of aromatic nitrogens is 1. The van der Waals surface area contributed by atoms with Crippen LogP contribution in [0.25, 0.3) is 0 Å². The highest BCUT2D eigenvalue weighted by molar-refractivity contribution is 5.68. The van der Waals surface area contributed by atoms with E-state index in [9.17, 15) is 9.90 Å². The van der Waals surface area contributed by atoms with Gasteiger partial charge >= 0.3 is 6.09 Å². The molecule has 22 heavy (non-hydrogen) atoms. The van der Waals surface area contributed by atoms with Gasteiger partial charge in [-0.05, 0) is 64.2 Å². The smallest absolute Gasteiger partial charge is 0.410 e. The van der Waals surface area contributed by atoms with Gasteiger partial charge in [0.25, 0.3) is 0 Å². The van der Waals surface area contributed by atoms with Crippen LogP contribution >= 0.6 is 0 Å². The van der Waals surface area contributed by atoms with Crippen LogP contribution in [0.15, 0.2) is 18.3 Å². The Kier molecular flexibility index (Phi) is 5.40. The molecular formula is C17H26N2O3. The average Bonchev–Trinajstić information content (AvgIpc) is 2.46. The molecule has 1 saturated heterocycles. The predicted octanol–water partition coefficient (Wildman–Crippen LogP) is 2.91. The Morgan fingerprint density at radius 2 is 2.23 bits per heavy atom. The molecule has 1 aliphatic rings. The summed E-state index contributed by atoms with van der Waals surface area (Å²) in [6.07, 6.45) is 5.39. The molecule has 0 bridgehead atoms. The molecule has 0 saturated carbocycles. The summed E-state index contributed by atoms with van der Waals surface area (Å²) < 4.78 is 5.52. The number of ether oxygens (including phenoxy) is 1. The summed E-state index contributed by atoms with van der Waals surface area (Å²) in [7, 11) is 0. The summed E-state index contributed by atoms with van der Waals surface area (Å²) in [5, 5.41) is 9.19. The van der Waals surface area contributed by atoms with Gasteiger partial charge in [0.05, 0.1) is 12.3 Å². The third kappa shape index (κ3) is 4.70. The number of aliphatic hydroxyl groups is 1. The lowest BCUT2D eigenvalue weighted by atomic mass is 9.96. The van der Waals surface area contributed by atoms with E-state index < -0.39 is 5.60 Å². The Bertz CT molecular complexity index is 511. The Morgan fingerprint density at radius 1 is 1.45 bits per heavy atom. The van der Waals surface area contributed by atoms with Crippen LogP contribution in [0, 0.1) is 0 Å². The van der Waals surface area contributed by atoms with Crippen LogP contribution in [0.4, 0.5) is 4.79 Å². The Hall–Kier alpha value is -1.62. The molecule has 0 aliphatic carbocycles. The zero-order valence-electron chi connectivity index (χ0n) is 13.7. The van der Waals surface area contributed by atoms with E-state index in [1.54, 1.807) is 6.20 Å². The molecular weight excluding hydrogens is 280 g/mol. The molecule has 1 aliphatic heterocycles. The number of aliphatic hydroxyl groups excluding tert-OH is 1. The van der Waals surface area contributed by atoms with Gasteiger partial charge in [-0.3, -0.25) is 4.98 Å². The summed E-state index contributed by atoms with van der Waals surface area (Å²) in [6.45, 7) is 6.35. The van der Waals surface area contributed by atoms with Crippen LogP contribution < -0.4 is 0 Å². The zero-order valence-corrected chi connectivity index (χ0v) is 13.7. The molecule has 5 nitrogen and oxygen atoms in total. The summed E-state index contributed by atoms with van der Waals surface area (Å²) >= 11 is 0. The first-order valence-electron chi connectivity index (χ1n) is 7.93. The maximum atomic E-state index is 12.4. The first kappa shape index (κ1) is 16.7. The van der Waals surface area contributed by atoms with Gasteiger partial charge in [0.1, 0.15) is 5.60 Å². The molecule has 5 heteroatoms. The van der Waals surface area contributed by atoms with Crippen molar-refractivity contribution in [2.75, 3.05) is 6.54 Å². The first-order valence-corrected chi connectivity index (χ1v) is 7.93. The number of hydrogen-bond donors (Lipinski definition) is 1. The van der Waals surface area contributed by atoms with Crippen LogP contribution in [0.5, 0.6) is 0 Å². The number of nitrogens with zero attached hydrogens (tertiary/aromatic N) is 2. The standard InChI is InChI=1S/C17H26N2O3/c1-17(2,3)22-16(21)19-9-5-4-6-15(19)11-13-7-8-18-14(10-13)12-20/h7-8,10,15,20H,4-6,9,11-12H2,1-3H3. The molecule has 0 radical (unpaired) electrons. The van der Waals surface area contributed by atoms with Gasteiger partial charge in [0.2, 0.25) is 0 Å². The molecule has 2 heterocycles. The van der Waals surface area contributed by atoms with Crippen molar-refractivity contribution in [1.29, 1.82) is 0 Å². The van der Waals surface area contributed by atoms with Crippen LogP contribution in [0.1, 0.15) is 51.3 Å². The van der Waals surface area contributed by atoms with E-state index in [4.69, 9.17) is 4.74 Å². The molecule has 1 aromatic heterocycles. The van der Waals surface area contributed by atoms with E-state index in [0.29, 0.717) is 5.69 Å². The van der Waals surface area contributed by atoms with E-state index in [2.05, 4.69) is 4.98 Å². The number of pyridine rings is 1. The third-order valence-corrected chi connectivity index (χ3v) is 3.77. The summed E-state index contributed by atoms with van der Waals surface area (Å²) in [4.78, 5) is 18.3. The molecule has 1 atom stereocenters. The minimum Gasteiger partial charge on any atom is -0.444 e. The molecule has 0 aromatic carbocycles. The number of carbonyl (C=O) groups excluding carboxylic acids is 1. The third-order valence-electron chi connectivity index (χ3n) is 3.77. The molecule has 1 fully saturated rings. The number of rotatable bonds is 3. The van der Waals surface area contributed by atoms with Crippen molar-refractivity contribution in [1.82, 2.24) is 9.88 Å². The minimum atomic E-state index is -0.472. The normalized spacial score (nSPS) is 19.1. The Morgan fingerprint density at radius 3 is 2.91 bits per heavy atom. The second-order valence-electron chi connectivity index (χ2n) is 6.84. The molecule has 2 rings (SSSR count). The molecule has 122 valence electrons. The van der Waals surface area contributed by atoms with Gasteiger partial charge in [-0.25, -0.2) is 4.79 Å². The maximum absolute atomic E-state index is 12.4. The van der Waals surface area contributed by atoms with E-state index in [0.717, 1.165) is 37.8 Å². The molecule has 1 amide bonds. The fourth-order valence-electron chi connectivity index (χ4n) is 2.79. The molecule has 0 spiro atoms. The van der Waals surface area contributed by atoms with Crippen molar-refractivity contribution in [2.45, 2.75) is 64.7 Å². The van der Waals surface area contributed by atoms with Gasteiger partial charge in [0, 0.05) is 18.8 Å². The van der Waals surface area contributed by atoms with E-state index in [1.165, 1.54) is 0 Å². The van der Waals surface area contributed by atoms with Crippen LogP contribution in [-0.2, 0) is 17.8 Å². The van der Waals surface area contributed by atoms with Crippen LogP contribution in [-0.4, -0.2) is 39.3 Å². The van der Waals surface area contributed by atoms with Crippen LogP contribution in [0.3, 0.4) is 0 Å². The van der Waals surface area contributed by atoms with Gasteiger partial charge < -0.3 is 14.7 Å². The van der Waals surface area contributed by atoms with Crippen molar-refractivity contribution in [3.63, 3.8) is 0 Å². The second-order valence-corrected chi connectivity index (χ2v) is 6.84. The summed E-state index contributed by atoms with van der Waals surface area (Å²) in [5.74, 6) is 0. The van der Waals surface area contributed by atoms with Gasteiger partial charge in [-0.15, -0.1) is 0 Å². The minimum absolute atomic E-state index is 0.0612. The Labute approximate surface area is 132 Å². The van der Waals surface area contributed by atoms with E-state index in [-0.39, 0.29) is 18.7 Å². The molecule has 1 unspecified atom stereocenters. The summed E-state index contributed by atoms with van der Waals surface area (Å²) in [5.41, 5.74) is 1.29. The zero-order chi connectivity index (χ0) is 16.2. The lowest BCUT2D eigenvalue weighted by Crippen LogP contribution is -2.47. The number of likely N-dealkylation sites (tertiary alicyclic amines) is 1. The highest BCUT2D eigenvalue weighted by atomic mass is 16.6. The van der Waals surface area contributed by atoms with Gasteiger partial charge in [-0.1, -0.05) is 0 Å². The van der Waals surface area contributed by atoms with Gasteiger partial charge in [0.15, 0.2) is 0 Å². The average molecular weight is 306 g/mol. The molecule has 1 N–H and O–H groups in total. The number of amides is 1. The topological polar surface area (TPSA) is 62.7 Å². The van der Waals surface area contributed by atoms with Gasteiger partial charge in [-0.2, -0.15) is 0 Å². The van der Waals surface area contributed by atoms with E-state index in [1.807, 2.05) is 37.8 Å².